The van der Waals surface area contributed by atoms with Crippen molar-refractivity contribution >= 4 is 5.69 Å². The lowest BCUT2D eigenvalue weighted by Gasteiger charge is -2.08. The van der Waals surface area contributed by atoms with Gasteiger partial charge in [-0.2, -0.15) is 0 Å². The van der Waals surface area contributed by atoms with Crippen LogP contribution in [0.25, 0.3) is 0 Å². The monoisotopic (exact) mass is 162 g/mol. The van der Waals surface area contributed by atoms with Crippen LogP contribution in [0.1, 0.15) is 16.7 Å². The van der Waals surface area contributed by atoms with E-state index in [0.29, 0.717) is 0 Å². The van der Waals surface area contributed by atoms with Crippen molar-refractivity contribution in [3.05, 3.63) is 28.8 Å². The van der Waals surface area contributed by atoms with Gasteiger partial charge in [0.2, 0.25) is 0 Å². The number of hydrogen-bond donors (Lipinski definition) is 2. The molecule has 12 heavy (non-hydrogen) atoms. The highest BCUT2D eigenvalue weighted by Gasteiger charge is 2.13. The number of rotatable bonds is 1. The Labute approximate surface area is 73.0 Å². The van der Waals surface area contributed by atoms with Gasteiger partial charge in [0.05, 0.1) is 0 Å². The van der Waals surface area contributed by atoms with Crippen molar-refractivity contribution in [2.45, 2.75) is 20.0 Å². The molecule has 1 aromatic carbocycles. The van der Waals surface area contributed by atoms with E-state index in [2.05, 4.69) is 29.7 Å². The molecule has 2 heteroatoms. The third-order valence-corrected chi connectivity index (χ3v) is 2.37. The number of fused-ring (bicyclic) bond motifs is 1. The van der Waals surface area contributed by atoms with Crippen molar-refractivity contribution in [1.29, 1.82) is 0 Å². The molecule has 0 saturated heterocycles. The van der Waals surface area contributed by atoms with Gasteiger partial charge >= 0.3 is 0 Å². The minimum Gasteiger partial charge on any atom is -0.388 e. The molecular formula is C10H14N2. The fraction of sp³-hybridized carbons (Fsp3) is 0.400. The molecule has 2 nitrogen and oxygen atoms in total. The Morgan fingerprint density at radius 3 is 2.92 bits per heavy atom. The molecule has 0 bridgehead atoms. The van der Waals surface area contributed by atoms with Crippen LogP contribution < -0.4 is 10.6 Å². The zero-order valence-corrected chi connectivity index (χ0v) is 7.57. The fourth-order valence-corrected chi connectivity index (χ4v) is 1.80. The summed E-state index contributed by atoms with van der Waals surface area (Å²) in [5.74, 6) is 0. The molecule has 1 aliphatic heterocycles. The Kier molecular flexibility index (Phi) is 1.77. The van der Waals surface area contributed by atoms with Crippen LogP contribution >= 0.6 is 0 Å². The van der Waals surface area contributed by atoms with Gasteiger partial charge in [-0.15, -0.1) is 0 Å². The van der Waals surface area contributed by atoms with Gasteiger partial charge in [-0.05, 0) is 29.7 Å². The van der Waals surface area contributed by atoms with Gasteiger partial charge in [-0.25, -0.2) is 0 Å². The molecule has 1 aliphatic rings. The van der Waals surface area contributed by atoms with Crippen LogP contribution in [0.3, 0.4) is 0 Å². The van der Waals surface area contributed by atoms with Crippen molar-refractivity contribution in [2.24, 2.45) is 0 Å². The lowest BCUT2D eigenvalue weighted by molar-refractivity contribution is 0.765. The zero-order valence-electron chi connectivity index (χ0n) is 7.57. The zero-order chi connectivity index (χ0) is 8.55. The van der Waals surface area contributed by atoms with E-state index in [1.54, 1.807) is 0 Å². The predicted molar refractivity (Wildman–Crippen MR) is 51.3 cm³/mol. The van der Waals surface area contributed by atoms with Crippen molar-refractivity contribution in [2.75, 3.05) is 12.4 Å². The lowest BCUT2D eigenvalue weighted by atomic mass is 10.0. The van der Waals surface area contributed by atoms with E-state index in [9.17, 15) is 0 Å². The Morgan fingerprint density at radius 1 is 1.33 bits per heavy atom. The van der Waals surface area contributed by atoms with Crippen molar-refractivity contribution in [1.82, 2.24) is 5.32 Å². The van der Waals surface area contributed by atoms with Crippen LogP contribution in [0, 0.1) is 6.92 Å². The van der Waals surface area contributed by atoms with Gasteiger partial charge in [-0.3, -0.25) is 0 Å². The summed E-state index contributed by atoms with van der Waals surface area (Å²) in [6.45, 7) is 4.16. The average Bonchev–Trinajstić information content (AvgIpc) is 2.50. The molecule has 0 spiro atoms. The summed E-state index contributed by atoms with van der Waals surface area (Å²) in [4.78, 5) is 0. The van der Waals surface area contributed by atoms with E-state index < -0.39 is 0 Å². The molecule has 0 amide bonds. The van der Waals surface area contributed by atoms with Gasteiger partial charge in [-0.1, -0.05) is 6.07 Å². The van der Waals surface area contributed by atoms with Crippen LogP contribution in [0.4, 0.5) is 5.69 Å². The summed E-state index contributed by atoms with van der Waals surface area (Å²) in [5, 5.41) is 6.58. The number of benzene rings is 1. The first-order valence-electron chi connectivity index (χ1n) is 4.32. The molecule has 1 heterocycles. The van der Waals surface area contributed by atoms with Crippen LogP contribution in [0.2, 0.25) is 0 Å². The molecule has 0 saturated carbocycles. The molecule has 0 fully saturated rings. The predicted octanol–water partition coefficient (Wildman–Crippen LogP) is 1.64. The Bertz CT molecular complexity index is 305. The number of anilines is 1. The van der Waals surface area contributed by atoms with E-state index in [0.717, 1.165) is 13.1 Å². The minimum atomic E-state index is 1.01. The SMILES string of the molecule is CNc1cc(C)cc2c1CNC2. The van der Waals surface area contributed by atoms with Crippen LogP contribution in [0.15, 0.2) is 12.1 Å². The lowest BCUT2D eigenvalue weighted by Crippen LogP contribution is -2.01. The summed E-state index contributed by atoms with van der Waals surface area (Å²) >= 11 is 0. The van der Waals surface area contributed by atoms with E-state index in [4.69, 9.17) is 0 Å². The smallest absolute Gasteiger partial charge is 0.0389 e. The first-order valence-corrected chi connectivity index (χ1v) is 4.32. The summed E-state index contributed by atoms with van der Waals surface area (Å²) in [5.41, 5.74) is 5.49. The van der Waals surface area contributed by atoms with Gasteiger partial charge in [0.15, 0.2) is 0 Å². The largest absolute Gasteiger partial charge is 0.388 e. The second-order valence-electron chi connectivity index (χ2n) is 3.30. The highest BCUT2D eigenvalue weighted by atomic mass is 14.9. The van der Waals surface area contributed by atoms with Gasteiger partial charge in [0, 0.05) is 25.8 Å². The molecular weight excluding hydrogens is 148 g/mol. The van der Waals surface area contributed by atoms with E-state index in [1.807, 2.05) is 7.05 Å². The summed E-state index contributed by atoms with van der Waals surface area (Å²) in [7, 11) is 1.98. The highest BCUT2D eigenvalue weighted by molar-refractivity contribution is 5.57. The molecule has 2 rings (SSSR count). The second kappa shape index (κ2) is 2.79. The van der Waals surface area contributed by atoms with Crippen LogP contribution in [-0.4, -0.2) is 7.05 Å². The molecule has 0 aliphatic carbocycles. The maximum atomic E-state index is 3.35. The number of aryl methyl sites for hydroxylation is 1. The van der Waals surface area contributed by atoms with Gasteiger partial charge in [0.1, 0.15) is 0 Å². The Balaban J connectivity index is 2.55. The molecule has 0 aromatic heterocycles. The number of hydrogen-bond acceptors (Lipinski definition) is 2. The van der Waals surface area contributed by atoms with Crippen LogP contribution in [0.5, 0.6) is 0 Å². The van der Waals surface area contributed by atoms with Crippen LogP contribution in [-0.2, 0) is 13.1 Å². The molecule has 0 unspecified atom stereocenters. The first-order chi connectivity index (χ1) is 5.81. The van der Waals surface area contributed by atoms with Gasteiger partial charge in [0.25, 0.3) is 0 Å². The normalized spacial score (nSPS) is 14.5. The standard InChI is InChI=1S/C10H14N2/c1-7-3-8-5-12-6-9(8)10(4-7)11-2/h3-4,11-12H,5-6H2,1-2H3. The minimum absolute atomic E-state index is 1.01. The van der Waals surface area contributed by atoms with E-state index in [-0.39, 0.29) is 0 Å². The van der Waals surface area contributed by atoms with E-state index in [1.165, 1.54) is 22.4 Å². The maximum absolute atomic E-state index is 3.35. The third-order valence-electron chi connectivity index (χ3n) is 2.37. The summed E-state index contributed by atoms with van der Waals surface area (Å²) in [6.07, 6.45) is 0. The third kappa shape index (κ3) is 1.08. The quantitative estimate of drug-likeness (QED) is 0.656. The number of nitrogens with one attached hydrogen (secondary N) is 2. The van der Waals surface area contributed by atoms with Crippen molar-refractivity contribution < 1.29 is 0 Å². The van der Waals surface area contributed by atoms with Gasteiger partial charge < -0.3 is 10.6 Å². The average molecular weight is 162 g/mol. The highest BCUT2D eigenvalue weighted by Crippen LogP contribution is 2.25. The van der Waals surface area contributed by atoms with Crippen molar-refractivity contribution in [3.8, 4) is 0 Å². The topological polar surface area (TPSA) is 24.1 Å². The van der Waals surface area contributed by atoms with E-state index >= 15 is 0 Å². The summed E-state index contributed by atoms with van der Waals surface area (Å²) in [6, 6.07) is 4.46. The maximum Gasteiger partial charge on any atom is 0.0389 e. The molecule has 1 aromatic rings. The van der Waals surface area contributed by atoms with Crippen molar-refractivity contribution in [3.63, 3.8) is 0 Å². The Morgan fingerprint density at radius 2 is 2.17 bits per heavy atom. The molecule has 0 radical (unpaired) electrons. The second-order valence-corrected chi connectivity index (χ2v) is 3.30. The summed E-state index contributed by atoms with van der Waals surface area (Å²) < 4.78 is 0. The fourth-order valence-electron chi connectivity index (χ4n) is 1.80. The first kappa shape index (κ1) is 7.62. The Hall–Kier alpha value is -1.02. The molecule has 64 valence electrons. The molecule has 0 atom stereocenters. The molecule has 2 N–H and O–H groups in total.